The highest BCUT2D eigenvalue weighted by Gasteiger charge is 2.34. The molecule has 0 aromatic heterocycles. The van der Waals surface area contributed by atoms with Gasteiger partial charge in [-0.3, -0.25) is 14.6 Å². The van der Waals surface area contributed by atoms with E-state index in [-0.39, 0.29) is 24.9 Å². The number of anilines is 2. The lowest BCUT2D eigenvalue weighted by molar-refractivity contribution is -0.129. The molecule has 48 heavy (non-hydrogen) atoms. The second kappa shape index (κ2) is 16.2. The van der Waals surface area contributed by atoms with E-state index < -0.39 is 0 Å². The third-order valence-corrected chi connectivity index (χ3v) is 11.1. The number of amides is 3. The molecule has 2 heterocycles. The summed E-state index contributed by atoms with van der Waals surface area (Å²) < 4.78 is 5.24. The third kappa shape index (κ3) is 8.72. The Kier molecular flexibility index (Phi) is 11.6. The Labute approximate surface area is 291 Å². The number of nitrogen functional groups attached to an aromatic ring is 1. The molecule has 1 saturated carbocycles. The summed E-state index contributed by atoms with van der Waals surface area (Å²) in [4.78, 5) is 32.1. The first-order valence-corrected chi connectivity index (χ1v) is 18.3. The van der Waals surface area contributed by atoms with Gasteiger partial charge in [0.25, 0.3) is 0 Å². The first kappa shape index (κ1) is 34.3. The average Bonchev–Trinajstić information content (AvgIpc) is 3.31. The van der Waals surface area contributed by atoms with E-state index in [9.17, 15) is 9.59 Å². The lowest BCUT2D eigenvalue weighted by Crippen LogP contribution is -2.52. The molecule has 3 aromatic carbocycles. The number of benzene rings is 3. The Balaban J connectivity index is 1.03. The Morgan fingerprint density at radius 1 is 0.792 bits per heavy atom. The summed E-state index contributed by atoms with van der Waals surface area (Å²) in [7, 11) is 1.62. The van der Waals surface area contributed by atoms with Crippen molar-refractivity contribution < 1.29 is 14.3 Å². The van der Waals surface area contributed by atoms with Gasteiger partial charge in [0.1, 0.15) is 5.75 Å². The topological polar surface area (TPSA) is 79.1 Å². The third-order valence-electron chi connectivity index (χ3n) is 10.8. The molecule has 7 nitrogen and oxygen atoms in total. The Bertz CT molecular complexity index is 1530. The van der Waals surface area contributed by atoms with Crippen LogP contribution in [0.15, 0.2) is 66.7 Å². The van der Waals surface area contributed by atoms with Crippen LogP contribution in [-0.2, 0) is 17.8 Å². The highest BCUT2D eigenvalue weighted by atomic mass is 35.5. The Morgan fingerprint density at radius 2 is 1.54 bits per heavy atom. The number of nitrogens with zero attached hydrogens (tertiary/aromatic N) is 3. The smallest absolute Gasteiger partial charge is 0.331 e. The molecular formula is C40H51ClN4O3. The molecule has 0 bridgehead atoms. The summed E-state index contributed by atoms with van der Waals surface area (Å²) in [6.07, 6.45) is 12.8. The standard InChI is InChI=1S/C40H51ClN4O3/c1-48-36-17-12-32(13-18-36)28-45-39(46)21-24-44(40(45)47)38-19-14-34(26-37(38)41)33-7-2-3-22-43(23-20-33)27-31-6-4-5-29(8-9-31)25-30-10-15-35(42)16-11-30/h10-19,26,29,31,33H,2-9,20-25,27-28,42H2,1H3. The van der Waals surface area contributed by atoms with E-state index in [4.69, 9.17) is 22.1 Å². The minimum absolute atomic E-state index is 0.166. The molecule has 256 valence electrons. The second-order valence-corrected chi connectivity index (χ2v) is 14.6. The first-order chi connectivity index (χ1) is 23.4. The summed E-state index contributed by atoms with van der Waals surface area (Å²) in [5, 5.41) is 0.575. The van der Waals surface area contributed by atoms with Gasteiger partial charge in [-0.2, -0.15) is 0 Å². The van der Waals surface area contributed by atoms with Gasteiger partial charge in [-0.25, -0.2) is 4.79 Å². The summed E-state index contributed by atoms with van der Waals surface area (Å²) in [5.74, 6) is 2.58. The fraction of sp³-hybridized carbons (Fsp3) is 0.500. The molecule has 3 fully saturated rings. The maximum atomic E-state index is 13.6. The number of methoxy groups -OCH3 is 1. The monoisotopic (exact) mass is 670 g/mol. The van der Waals surface area contributed by atoms with Crippen LogP contribution in [-0.4, -0.2) is 55.0 Å². The van der Waals surface area contributed by atoms with Gasteiger partial charge in [0, 0.05) is 25.2 Å². The number of urea groups is 1. The van der Waals surface area contributed by atoms with Crippen molar-refractivity contribution >= 4 is 34.9 Å². The molecule has 3 aliphatic rings. The summed E-state index contributed by atoms with van der Waals surface area (Å²) in [5.41, 5.74) is 11.0. The van der Waals surface area contributed by atoms with Crippen LogP contribution in [0.25, 0.3) is 0 Å². The number of hydrogen-bond donors (Lipinski definition) is 1. The number of halogens is 1. The lowest BCUT2D eigenvalue weighted by atomic mass is 9.88. The first-order valence-electron chi connectivity index (χ1n) is 18.0. The van der Waals surface area contributed by atoms with Gasteiger partial charge in [0.05, 0.1) is 24.4 Å². The van der Waals surface area contributed by atoms with Crippen LogP contribution >= 0.6 is 11.6 Å². The van der Waals surface area contributed by atoms with Gasteiger partial charge in [0.2, 0.25) is 5.91 Å². The van der Waals surface area contributed by atoms with Crippen molar-refractivity contribution in [2.75, 3.05) is 43.9 Å². The van der Waals surface area contributed by atoms with E-state index in [1.54, 1.807) is 12.0 Å². The predicted molar refractivity (Wildman–Crippen MR) is 195 cm³/mol. The van der Waals surface area contributed by atoms with Crippen LogP contribution in [0.1, 0.15) is 86.8 Å². The Hall–Kier alpha value is -3.55. The number of rotatable bonds is 9. The molecule has 0 radical (unpaired) electrons. The van der Waals surface area contributed by atoms with Crippen LogP contribution in [0.4, 0.5) is 16.2 Å². The largest absolute Gasteiger partial charge is 0.497 e. The molecule has 6 rings (SSSR count). The van der Waals surface area contributed by atoms with Crippen LogP contribution in [0, 0.1) is 11.8 Å². The number of ether oxygens (including phenoxy) is 1. The van der Waals surface area contributed by atoms with Crippen LogP contribution in [0.2, 0.25) is 5.02 Å². The Morgan fingerprint density at radius 3 is 2.31 bits per heavy atom. The van der Waals surface area contributed by atoms with Gasteiger partial charge in [-0.15, -0.1) is 0 Å². The maximum Gasteiger partial charge on any atom is 0.331 e. The van der Waals surface area contributed by atoms with Gasteiger partial charge >= 0.3 is 6.03 Å². The molecule has 8 heteroatoms. The van der Waals surface area contributed by atoms with E-state index in [0.29, 0.717) is 23.2 Å². The van der Waals surface area contributed by atoms with Crippen molar-refractivity contribution in [1.29, 1.82) is 0 Å². The highest BCUT2D eigenvalue weighted by Crippen LogP contribution is 2.36. The summed E-state index contributed by atoms with van der Waals surface area (Å²) in [6, 6.07) is 21.8. The zero-order chi connectivity index (χ0) is 33.5. The number of imide groups is 1. The molecular weight excluding hydrogens is 620 g/mol. The number of carbonyl (C=O) groups excluding carboxylic acids is 2. The van der Waals surface area contributed by atoms with Gasteiger partial charge in [-0.1, -0.05) is 61.2 Å². The van der Waals surface area contributed by atoms with Gasteiger partial charge in [-0.05, 0) is 129 Å². The van der Waals surface area contributed by atoms with Gasteiger partial charge in [0.15, 0.2) is 0 Å². The lowest BCUT2D eigenvalue weighted by Gasteiger charge is -2.35. The molecule has 3 aromatic rings. The fourth-order valence-electron chi connectivity index (χ4n) is 8.01. The molecule has 1 aliphatic carbocycles. The quantitative estimate of drug-likeness (QED) is 0.182. The molecule has 3 amide bonds. The van der Waals surface area contributed by atoms with Crippen molar-refractivity contribution in [1.82, 2.24) is 9.80 Å². The number of carbonyl (C=O) groups is 2. The molecule has 2 aliphatic heterocycles. The normalized spacial score (nSPS) is 23.0. The van der Waals surface area contributed by atoms with Gasteiger partial charge < -0.3 is 15.4 Å². The van der Waals surface area contributed by atoms with E-state index in [2.05, 4.69) is 29.2 Å². The van der Waals surface area contributed by atoms with Crippen molar-refractivity contribution in [3.63, 3.8) is 0 Å². The van der Waals surface area contributed by atoms with Crippen molar-refractivity contribution in [2.24, 2.45) is 11.8 Å². The van der Waals surface area contributed by atoms with Crippen LogP contribution in [0.5, 0.6) is 5.75 Å². The number of hydrogen-bond acceptors (Lipinski definition) is 5. The average molecular weight is 671 g/mol. The van der Waals surface area contributed by atoms with Crippen molar-refractivity contribution in [3.8, 4) is 5.75 Å². The molecule has 2 saturated heterocycles. The van der Waals surface area contributed by atoms with Crippen LogP contribution < -0.4 is 15.4 Å². The highest BCUT2D eigenvalue weighted by molar-refractivity contribution is 6.34. The van der Waals surface area contributed by atoms with E-state index in [1.165, 1.54) is 80.5 Å². The van der Waals surface area contributed by atoms with Crippen LogP contribution in [0.3, 0.4) is 0 Å². The second-order valence-electron chi connectivity index (χ2n) is 14.2. The zero-order valence-corrected chi connectivity index (χ0v) is 29.2. The fourth-order valence-corrected chi connectivity index (χ4v) is 8.30. The molecule has 3 atom stereocenters. The molecule has 3 unspecified atom stereocenters. The van der Waals surface area contributed by atoms with Crippen molar-refractivity contribution in [2.45, 2.75) is 83.1 Å². The summed E-state index contributed by atoms with van der Waals surface area (Å²) >= 11 is 6.91. The van der Waals surface area contributed by atoms with E-state index in [0.717, 1.165) is 48.2 Å². The minimum Gasteiger partial charge on any atom is -0.497 e. The number of nitrogens with two attached hydrogens (primary N) is 1. The SMILES string of the molecule is COc1ccc(CN2C(=O)CCN(c3ccc(C4CCCCN(CC5CCCC(Cc6ccc(N)cc6)CC5)CC4)cc3Cl)C2=O)cc1. The maximum absolute atomic E-state index is 13.6. The van der Waals surface area contributed by atoms with Crippen molar-refractivity contribution in [3.05, 3.63) is 88.4 Å². The molecule has 2 N–H and O–H groups in total. The van der Waals surface area contributed by atoms with E-state index >= 15 is 0 Å². The number of likely N-dealkylation sites (tertiary alicyclic amines) is 1. The van der Waals surface area contributed by atoms with E-state index in [1.807, 2.05) is 42.5 Å². The zero-order valence-electron chi connectivity index (χ0n) is 28.4. The predicted octanol–water partition coefficient (Wildman–Crippen LogP) is 8.69. The molecule has 0 spiro atoms. The minimum atomic E-state index is -0.326. The summed E-state index contributed by atoms with van der Waals surface area (Å²) in [6.45, 7) is 4.07.